The topological polar surface area (TPSA) is 78.9 Å². The number of unbranched alkanes of at least 4 members (excludes halogenated alkanes) is 31. The fraction of sp³-hybridized carbons (Fsp3) is 0.836. The molecule has 6 heteroatoms. The van der Waals surface area contributed by atoms with Crippen molar-refractivity contribution in [1.29, 1.82) is 0 Å². The second-order valence-corrected chi connectivity index (χ2v) is 17.8. The quantitative estimate of drug-likeness (QED) is 0.0262. The van der Waals surface area contributed by atoms with E-state index in [0.29, 0.717) is 19.3 Å². The summed E-state index contributed by atoms with van der Waals surface area (Å²) in [5, 5.41) is 0. The minimum atomic E-state index is -0.773. The first-order chi connectivity index (χ1) is 30.0. The van der Waals surface area contributed by atoms with Gasteiger partial charge in [0.15, 0.2) is 6.10 Å². The molecule has 0 saturated heterocycles. The van der Waals surface area contributed by atoms with Crippen molar-refractivity contribution in [3.63, 3.8) is 0 Å². The Balaban J connectivity index is 4.24. The predicted octanol–water partition coefficient (Wildman–Crippen LogP) is 17.3. The molecule has 6 nitrogen and oxygen atoms in total. The zero-order chi connectivity index (χ0) is 44.4. The molecule has 0 aliphatic heterocycles. The average Bonchev–Trinajstić information content (AvgIpc) is 3.26. The van der Waals surface area contributed by atoms with Gasteiger partial charge in [-0.1, -0.05) is 218 Å². The molecular formula is C55H100O6. The fourth-order valence-corrected chi connectivity index (χ4v) is 7.59. The van der Waals surface area contributed by atoms with E-state index in [1.807, 2.05) is 0 Å². The standard InChI is InChI=1S/C55H100O6/c1-4-7-10-13-16-19-21-23-25-26-27-28-29-30-31-33-34-36-39-42-45-48-54(57)60-51-52(50-59-53(56)47-44-41-38-18-15-12-9-6-3)61-55(58)49-46-43-40-37-35-32-24-22-20-17-14-11-8-5-2/h21-24,26-27,52H,4-20,25,28-51H2,1-3H3/b23-21-,24-22-,27-26-. The largest absolute Gasteiger partial charge is 0.462 e. The van der Waals surface area contributed by atoms with Crippen molar-refractivity contribution >= 4 is 17.9 Å². The zero-order valence-corrected chi connectivity index (χ0v) is 40.7. The third-order valence-electron chi connectivity index (χ3n) is 11.6. The molecule has 0 aliphatic carbocycles. The Labute approximate surface area is 378 Å². The Morgan fingerprint density at radius 3 is 0.918 bits per heavy atom. The molecule has 0 amide bonds. The van der Waals surface area contributed by atoms with E-state index >= 15 is 0 Å². The van der Waals surface area contributed by atoms with Gasteiger partial charge in [-0.15, -0.1) is 0 Å². The molecule has 0 aromatic rings. The van der Waals surface area contributed by atoms with Gasteiger partial charge in [0, 0.05) is 19.3 Å². The first kappa shape index (κ1) is 58.6. The highest BCUT2D eigenvalue weighted by atomic mass is 16.6. The molecule has 1 atom stereocenters. The van der Waals surface area contributed by atoms with Gasteiger partial charge in [0.25, 0.3) is 0 Å². The Bertz CT molecular complexity index is 1030. The van der Waals surface area contributed by atoms with E-state index in [0.717, 1.165) is 70.6 Å². The van der Waals surface area contributed by atoms with E-state index < -0.39 is 6.10 Å². The minimum Gasteiger partial charge on any atom is -0.462 e. The minimum absolute atomic E-state index is 0.0746. The van der Waals surface area contributed by atoms with Crippen LogP contribution in [0, 0.1) is 0 Å². The molecule has 0 aliphatic rings. The number of rotatable bonds is 48. The maximum Gasteiger partial charge on any atom is 0.306 e. The van der Waals surface area contributed by atoms with Crippen LogP contribution in [0.4, 0.5) is 0 Å². The van der Waals surface area contributed by atoms with Crippen LogP contribution >= 0.6 is 0 Å². The Morgan fingerprint density at radius 1 is 0.328 bits per heavy atom. The third-order valence-corrected chi connectivity index (χ3v) is 11.6. The lowest BCUT2D eigenvalue weighted by atomic mass is 10.1. The molecule has 0 bridgehead atoms. The molecule has 0 radical (unpaired) electrons. The van der Waals surface area contributed by atoms with Gasteiger partial charge in [-0.3, -0.25) is 14.4 Å². The number of ether oxygens (including phenoxy) is 3. The predicted molar refractivity (Wildman–Crippen MR) is 261 cm³/mol. The number of carbonyl (C=O) groups excluding carboxylic acids is 3. The average molecular weight is 857 g/mol. The van der Waals surface area contributed by atoms with Crippen molar-refractivity contribution in [3.05, 3.63) is 36.5 Å². The van der Waals surface area contributed by atoms with Crippen molar-refractivity contribution < 1.29 is 28.6 Å². The van der Waals surface area contributed by atoms with E-state index in [2.05, 4.69) is 57.2 Å². The summed E-state index contributed by atoms with van der Waals surface area (Å²) in [6.45, 7) is 6.60. The van der Waals surface area contributed by atoms with Crippen LogP contribution in [0.15, 0.2) is 36.5 Å². The van der Waals surface area contributed by atoms with Gasteiger partial charge in [-0.2, -0.15) is 0 Å². The summed E-state index contributed by atoms with van der Waals surface area (Å²) >= 11 is 0. The Morgan fingerprint density at radius 2 is 0.590 bits per heavy atom. The van der Waals surface area contributed by atoms with Crippen LogP contribution in [0.25, 0.3) is 0 Å². The monoisotopic (exact) mass is 857 g/mol. The normalized spacial score (nSPS) is 12.2. The van der Waals surface area contributed by atoms with Gasteiger partial charge in [0.05, 0.1) is 0 Å². The number of esters is 3. The van der Waals surface area contributed by atoms with E-state index in [1.165, 1.54) is 167 Å². The number of hydrogen-bond acceptors (Lipinski definition) is 6. The van der Waals surface area contributed by atoms with Crippen LogP contribution in [0.3, 0.4) is 0 Å². The molecule has 0 N–H and O–H groups in total. The van der Waals surface area contributed by atoms with Crippen LogP contribution in [-0.2, 0) is 28.6 Å². The molecule has 356 valence electrons. The van der Waals surface area contributed by atoms with Crippen molar-refractivity contribution in [2.45, 2.75) is 284 Å². The molecule has 0 rings (SSSR count). The molecule has 0 aromatic heterocycles. The molecule has 61 heavy (non-hydrogen) atoms. The van der Waals surface area contributed by atoms with Gasteiger partial charge in [0.1, 0.15) is 13.2 Å². The van der Waals surface area contributed by atoms with Crippen LogP contribution < -0.4 is 0 Å². The van der Waals surface area contributed by atoms with Gasteiger partial charge in [-0.05, 0) is 77.0 Å². The van der Waals surface area contributed by atoms with Crippen molar-refractivity contribution in [1.82, 2.24) is 0 Å². The second-order valence-electron chi connectivity index (χ2n) is 17.8. The van der Waals surface area contributed by atoms with Gasteiger partial charge in [-0.25, -0.2) is 0 Å². The molecule has 1 unspecified atom stereocenters. The van der Waals surface area contributed by atoms with E-state index in [1.54, 1.807) is 0 Å². The highest BCUT2D eigenvalue weighted by Gasteiger charge is 2.19. The van der Waals surface area contributed by atoms with Crippen molar-refractivity contribution in [2.75, 3.05) is 13.2 Å². The fourth-order valence-electron chi connectivity index (χ4n) is 7.59. The summed E-state index contributed by atoms with van der Waals surface area (Å²) in [4.78, 5) is 37.8. The summed E-state index contributed by atoms with van der Waals surface area (Å²) in [6, 6.07) is 0. The van der Waals surface area contributed by atoms with Gasteiger partial charge >= 0.3 is 17.9 Å². The molecule has 0 spiro atoms. The summed E-state index contributed by atoms with van der Waals surface area (Å²) in [5.74, 6) is -0.883. The van der Waals surface area contributed by atoms with E-state index in [4.69, 9.17) is 14.2 Å². The zero-order valence-electron chi connectivity index (χ0n) is 40.7. The SMILES string of the molecule is CCCCCCC/C=C\C/C=C\CCCCCCCCCCCC(=O)OCC(COC(=O)CCCCCCCCCC)OC(=O)CCCCCCC/C=C\CCCCCCC. The molecule has 0 saturated carbocycles. The summed E-state index contributed by atoms with van der Waals surface area (Å²) in [5.41, 5.74) is 0. The van der Waals surface area contributed by atoms with Crippen LogP contribution in [0.2, 0.25) is 0 Å². The maximum atomic E-state index is 12.8. The van der Waals surface area contributed by atoms with Crippen LogP contribution in [0.5, 0.6) is 0 Å². The van der Waals surface area contributed by atoms with Gasteiger partial charge < -0.3 is 14.2 Å². The highest BCUT2D eigenvalue weighted by molar-refractivity contribution is 5.71. The Hall–Kier alpha value is -2.37. The van der Waals surface area contributed by atoms with Gasteiger partial charge in [0.2, 0.25) is 0 Å². The number of carbonyl (C=O) groups is 3. The first-order valence-electron chi connectivity index (χ1n) is 26.5. The van der Waals surface area contributed by atoms with Crippen molar-refractivity contribution in [2.24, 2.45) is 0 Å². The Kier molecular flexibility index (Phi) is 48.3. The summed E-state index contributed by atoms with van der Waals surface area (Å²) in [6.07, 6.45) is 58.5. The molecule has 0 aromatic carbocycles. The van der Waals surface area contributed by atoms with Crippen LogP contribution in [0.1, 0.15) is 278 Å². The molecule has 0 heterocycles. The summed E-state index contributed by atoms with van der Waals surface area (Å²) < 4.78 is 16.8. The number of allylic oxidation sites excluding steroid dienone is 6. The summed E-state index contributed by atoms with van der Waals surface area (Å²) in [7, 11) is 0. The van der Waals surface area contributed by atoms with E-state index in [-0.39, 0.29) is 31.1 Å². The first-order valence-corrected chi connectivity index (χ1v) is 26.5. The lowest BCUT2D eigenvalue weighted by Gasteiger charge is -2.18. The smallest absolute Gasteiger partial charge is 0.306 e. The highest BCUT2D eigenvalue weighted by Crippen LogP contribution is 2.15. The van der Waals surface area contributed by atoms with Crippen molar-refractivity contribution in [3.8, 4) is 0 Å². The third kappa shape index (κ3) is 48.5. The number of hydrogen-bond donors (Lipinski definition) is 0. The second kappa shape index (κ2) is 50.3. The lowest BCUT2D eigenvalue weighted by molar-refractivity contribution is -0.167. The molecule has 0 fully saturated rings. The molecular weight excluding hydrogens is 757 g/mol. The van der Waals surface area contributed by atoms with E-state index in [9.17, 15) is 14.4 Å². The lowest BCUT2D eigenvalue weighted by Crippen LogP contribution is -2.30. The van der Waals surface area contributed by atoms with Crippen LogP contribution in [-0.4, -0.2) is 37.2 Å². The maximum absolute atomic E-state index is 12.8.